The van der Waals surface area contributed by atoms with Crippen LogP contribution in [0.2, 0.25) is 10.0 Å². The first-order valence-corrected chi connectivity index (χ1v) is 14.3. The number of carbonyl (C=O) groups is 3. The number of carbonyl (C=O) groups excluding carboxylic acids is 2. The summed E-state index contributed by atoms with van der Waals surface area (Å²) in [4.78, 5) is 40.5. The Labute approximate surface area is 242 Å². The number of allylic oxidation sites excluding steroid dienone is 2. The van der Waals surface area contributed by atoms with E-state index in [0.717, 1.165) is 15.5 Å². The Kier molecular flexibility index (Phi) is 9.99. The molecule has 2 aromatic carbocycles. The number of amides is 2. The summed E-state index contributed by atoms with van der Waals surface area (Å²) in [5.41, 5.74) is 0.635. The topological polar surface area (TPSA) is 95.9 Å². The van der Waals surface area contributed by atoms with E-state index < -0.39 is 17.8 Å². The molecule has 206 valence electrons. The second kappa shape index (κ2) is 13.4. The molecule has 2 atom stereocenters. The van der Waals surface area contributed by atoms with Crippen LogP contribution in [0.5, 0.6) is 5.75 Å². The van der Waals surface area contributed by atoms with Gasteiger partial charge in [-0.2, -0.15) is 0 Å². The molecule has 0 bridgehead atoms. The van der Waals surface area contributed by atoms with Crippen LogP contribution in [0.25, 0.3) is 6.08 Å². The molecule has 0 aromatic heterocycles. The summed E-state index contributed by atoms with van der Waals surface area (Å²) >= 11 is 14.5. The second-order valence-electron chi connectivity index (χ2n) is 9.47. The molecule has 2 aromatic rings. The number of benzene rings is 2. The Bertz CT molecular complexity index is 1290. The van der Waals surface area contributed by atoms with Gasteiger partial charge in [0.25, 0.3) is 0 Å². The van der Waals surface area contributed by atoms with E-state index in [1.807, 2.05) is 48.6 Å². The third-order valence-corrected chi connectivity index (χ3v) is 9.14. The molecule has 2 N–H and O–H groups in total. The summed E-state index contributed by atoms with van der Waals surface area (Å²) in [5, 5.41) is 13.2. The minimum absolute atomic E-state index is 0.0904. The SMILES string of the molecule is COc1ccccc1Sc1ccc(C=CC(=O)N2CCC(NC(=O)[C@@H]3CC=CC[C@@H]3C(=O)O)CC2)c(Cl)c1Cl. The zero-order chi connectivity index (χ0) is 27.9. The van der Waals surface area contributed by atoms with Crippen molar-refractivity contribution in [3.8, 4) is 5.75 Å². The summed E-state index contributed by atoms with van der Waals surface area (Å²) in [6, 6.07) is 11.2. The molecule has 1 fully saturated rings. The lowest BCUT2D eigenvalue weighted by Crippen LogP contribution is -2.49. The number of rotatable bonds is 8. The zero-order valence-electron chi connectivity index (χ0n) is 21.4. The summed E-state index contributed by atoms with van der Waals surface area (Å²) in [6.45, 7) is 0.980. The van der Waals surface area contributed by atoms with E-state index in [4.69, 9.17) is 27.9 Å². The van der Waals surface area contributed by atoms with Crippen LogP contribution in [-0.2, 0) is 14.4 Å². The maximum absolute atomic E-state index is 12.8. The molecule has 10 heteroatoms. The number of likely N-dealkylation sites (tertiary alicyclic amines) is 1. The number of piperidine rings is 1. The smallest absolute Gasteiger partial charge is 0.307 e. The summed E-state index contributed by atoms with van der Waals surface area (Å²) in [6.07, 6.45) is 8.82. The number of nitrogens with one attached hydrogen (secondary N) is 1. The van der Waals surface area contributed by atoms with E-state index in [1.165, 1.54) is 17.8 Å². The van der Waals surface area contributed by atoms with Crippen molar-refractivity contribution in [2.24, 2.45) is 11.8 Å². The average Bonchev–Trinajstić information content (AvgIpc) is 2.95. The predicted octanol–water partition coefficient (Wildman–Crippen LogP) is 5.94. The van der Waals surface area contributed by atoms with Crippen LogP contribution in [0, 0.1) is 11.8 Å². The maximum atomic E-state index is 12.8. The minimum Gasteiger partial charge on any atom is -0.496 e. The van der Waals surface area contributed by atoms with Crippen LogP contribution in [0.1, 0.15) is 31.2 Å². The number of aliphatic carboxylic acids is 1. The Morgan fingerprint density at radius 1 is 1.00 bits per heavy atom. The number of ether oxygens (including phenoxy) is 1. The molecule has 4 rings (SSSR count). The summed E-state index contributed by atoms with van der Waals surface area (Å²) in [7, 11) is 1.61. The van der Waals surface area contributed by atoms with Gasteiger partial charge in [-0.05, 0) is 55.5 Å². The third kappa shape index (κ3) is 7.18. The molecule has 1 saturated heterocycles. The van der Waals surface area contributed by atoms with Crippen molar-refractivity contribution < 1.29 is 24.2 Å². The standard InChI is InChI=1S/C29H30Cl2N2O5S/c1-38-22-8-4-5-9-23(22)39-24-12-10-18(26(30)27(24)31)11-13-25(34)33-16-14-19(15-17-33)32-28(35)20-6-2-3-7-21(20)29(36)37/h2-5,8-13,19-21H,6-7,14-17H2,1H3,(H,32,35)(H,36,37)/t20-,21+/m1/s1. The molecule has 2 amide bonds. The van der Waals surface area contributed by atoms with Gasteiger partial charge >= 0.3 is 5.97 Å². The first-order valence-electron chi connectivity index (χ1n) is 12.7. The molecule has 1 aliphatic heterocycles. The Morgan fingerprint density at radius 2 is 1.69 bits per heavy atom. The van der Waals surface area contributed by atoms with Gasteiger partial charge in [0, 0.05) is 30.1 Å². The Morgan fingerprint density at radius 3 is 2.38 bits per heavy atom. The number of halogens is 2. The van der Waals surface area contributed by atoms with Crippen LogP contribution in [-0.4, -0.2) is 54.0 Å². The first-order chi connectivity index (χ1) is 18.8. The van der Waals surface area contributed by atoms with Gasteiger partial charge in [0.1, 0.15) is 5.75 Å². The normalized spacial score (nSPS) is 19.7. The molecule has 0 unspecified atom stereocenters. The number of para-hydroxylation sites is 1. The van der Waals surface area contributed by atoms with Crippen LogP contribution in [0.3, 0.4) is 0 Å². The third-order valence-electron chi connectivity index (χ3n) is 7.01. The maximum Gasteiger partial charge on any atom is 0.307 e. The van der Waals surface area contributed by atoms with E-state index in [0.29, 0.717) is 54.4 Å². The number of methoxy groups -OCH3 is 1. The highest BCUT2D eigenvalue weighted by atomic mass is 35.5. The zero-order valence-corrected chi connectivity index (χ0v) is 23.8. The molecule has 39 heavy (non-hydrogen) atoms. The van der Waals surface area contributed by atoms with Gasteiger partial charge in [0.15, 0.2) is 0 Å². The molecule has 0 radical (unpaired) electrons. The molecule has 0 saturated carbocycles. The van der Waals surface area contributed by atoms with Crippen molar-refractivity contribution in [3.63, 3.8) is 0 Å². The van der Waals surface area contributed by atoms with Gasteiger partial charge in [0.05, 0.1) is 33.9 Å². The van der Waals surface area contributed by atoms with Crippen molar-refractivity contribution >= 4 is 58.8 Å². The fourth-order valence-corrected chi connectivity index (χ4v) is 6.31. The summed E-state index contributed by atoms with van der Waals surface area (Å²) < 4.78 is 5.41. The van der Waals surface area contributed by atoms with Gasteiger partial charge in [-0.1, -0.05) is 65.3 Å². The minimum atomic E-state index is -0.946. The van der Waals surface area contributed by atoms with E-state index in [1.54, 1.807) is 18.1 Å². The fourth-order valence-electron chi connectivity index (χ4n) is 4.77. The monoisotopic (exact) mass is 588 g/mol. The number of nitrogens with zero attached hydrogens (tertiary/aromatic N) is 1. The van der Waals surface area contributed by atoms with Crippen LogP contribution >= 0.6 is 35.0 Å². The number of hydrogen-bond donors (Lipinski definition) is 2. The van der Waals surface area contributed by atoms with Crippen molar-refractivity contribution in [2.45, 2.75) is 41.5 Å². The molecule has 1 aliphatic carbocycles. The molecular weight excluding hydrogens is 559 g/mol. The Hall–Kier alpha value is -2.94. The summed E-state index contributed by atoms with van der Waals surface area (Å²) in [5.74, 6) is -1.85. The van der Waals surface area contributed by atoms with Crippen LogP contribution in [0.15, 0.2) is 64.4 Å². The highest BCUT2D eigenvalue weighted by Gasteiger charge is 2.35. The number of carboxylic acids is 1. The van der Waals surface area contributed by atoms with Gasteiger partial charge in [0.2, 0.25) is 11.8 Å². The first kappa shape index (κ1) is 29.1. The van der Waals surface area contributed by atoms with E-state index in [2.05, 4.69) is 5.32 Å². The van der Waals surface area contributed by atoms with Crippen molar-refractivity contribution in [1.29, 1.82) is 0 Å². The number of hydrogen-bond acceptors (Lipinski definition) is 5. The molecule has 1 heterocycles. The largest absolute Gasteiger partial charge is 0.496 e. The van der Waals surface area contributed by atoms with Crippen LogP contribution in [0.4, 0.5) is 0 Å². The van der Waals surface area contributed by atoms with Crippen molar-refractivity contribution in [1.82, 2.24) is 10.2 Å². The second-order valence-corrected chi connectivity index (χ2v) is 11.3. The fraction of sp³-hybridized carbons (Fsp3) is 0.345. The molecule has 2 aliphatic rings. The van der Waals surface area contributed by atoms with Gasteiger partial charge in [-0.15, -0.1) is 0 Å². The quantitative estimate of drug-likeness (QED) is 0.292. The molecule has 7 nitrogen and oxygen atoms in total. The predicted molar refractivity (Wildman–Crippen MR) is 153 cm³/mol. The highest BCUT2D eigenvalue weighted by Crippen LogP contribution is 2.42. The van der Waals surface area contributed by atoms with Gasteiger partial charge in [-0.3, -0.25) is 14.4 Å². The van der Waals surface area contributed by atoms with Gasteiger partial charge in [-0.25, -0.2) is 0 Å². The van der Waals surface area contributed by atoms with Crippen molar-refractivity contribution in [3.05, 3.63) is 70.2 Å². The number of carboxylic acid groups (broad SMARTS) is 1. The van der Waals surface area contributed by atoms with E-state index >= 15 is 0 Å². The molecule has 0 spiro atoms. The molecular formula is C29H30Cl2N2O5S. The lowest BCUT2D eigenvalue weighted by Gasteiger charge is -2.33. The van der Waals surface area contributed by atoms with Crippen molar-refractivity contribution in [2.75, 3.05) is 20.2 Å². The lowest BCUT2D eigenvalue weighted by atomic mass is 9.82. The van der Waals surface area contributed by atoms with E-state index in [-0.39, 0.29) is 17.9 Å². The van der Waals surface area contributed by atoms with E-state index in [9.17, 15) is 19.5 Å². The van der Waals surface area contributed by atoms with Crippen LogP contribution < -0.4 is 10.1 Å². The highest BCUT2D eigenvalue weighted by molar-refractivity contribution is 7.99. The Balaban J connectivity index is 1.31. The lowest BCUT2D eigenvalue weighted by molar-refractivity contribution is -0.147. The van der Waals surface area contributed by atoms with Gasteiger partial charge < -0.3 is 20.1 Å². The average molecular weight is 590 g/mol.